The topological polar surface area (TPSA) is 44.3 Å². The molecule has 0 spiro atoms. The van der Waals surface area contributed by atoms with Crippen molar-refractivity contribution in [2.45, 2.75) is 26.1 Å². The lowest BCUT2D eigenvalue weighted by Gasteiger charge is -2.46. The van der Waals surface area contributed by atoms with E-state index < -0.39 is 0 Å². The minimum Gasteiger partial charge on any atom is -0.307 e. The molecule has 2 bridgehead atoms. The monoisotopic (exact) mass is 245 g/mol. The van der Waals surface area contributed by atoms with E-state index in [2.05, 4.69) is 22.0 Å². The van der Waals surface area contributed by atoms with Crippen molar-refractivity contribution in [1.29, 1.82) is 0 Å². The summed E-state index contributed by atoms with van der Waals surface area (Å²) in [6, 6.07) is 0.414. The van der Waals surface area contributed by atoms with Crippen LogP contribution >= 0.6 is 0 Å². The number of aryl methyl sites for hydroxylation is 1. The van der Waals surface area contributed by atoms with E-state index in [1.54, 1.807) is 0 Å². The predicted octanol–water partition coefficient (Wildman–Crippen LogP) is 0.0605. The van der Waals surface area contributed by atoms with Gasteiger partial charge in [-0.2, -0.15) is 0 Å². The Kier molecular flexibility index (Phi) is 2.40. The van der Waals surface area contributed by atoms with E-state index in [0.29, 0.717) is 6.04 Å². The zero-order valence-corrected chi connectivity index (χ0v) is 10.8. The molecule has 1 aromatic heterocycles. The van der Waals surface area contributed by atoms with Crippen LogP contribution in [0.25, 0.3) is 0 Å². The van der Waals surface area contributed by atoms with Gasteiger partial charge in [0.15, 0.2) is 0 Å². The van der Waals surface area contributed by atoms with Crippen LogP contribution in [0.3, 0.4) is 0 Å². The average Bonchev–Trinajstić information content (AvgIpc) is 2.89. The molecule has 1 N–H and O–H groups in total. The van der Waals surface area contributed by atoms with Crippen molar-refractivity contribution in [3.63, 3.8) is 0 Å². The Labute approximate surface area is 107 Å². The third kappa shape index (κ3) is 1.58. The Morgan fingerprint density at radius 2 is 1.94 bits per heavy atom. The van der Waals surface area contributed by atoms with Crippen LogP contribution in [0.2, 0.25) is 0 Å². The molecule has 0 aromatic carbocycles. The zero-order chi connectivity index (χ0) is 12.1. The molecule has 0 radical (unpaired) electrons. The molecule has 5 heterocycles. The molecule has 3 saturated heterocycles. The van der Waals surface area contributed by atoms with E-state index in [0.717, 1.165) is 31.2 Å². The van der Waals surface area contributed by atoms with Gasteiger partial charge in [-0.15, -0.1) is 0 Å². The maximum atomic E-state index is 4.81. The summed E-state index contributed by atoms with van der Waals surface area (Å²) in [6.07, 6.45) is 0. The Hall–Kier alpha value is -1.04. The summed E-state index contributed by atoms with van der Waals surface area (Å²) < 4.78 is 0. The van der Waals surface area contributed by atoms with E-state index in [4.69, 9.17) is 9.97 Å². The lowest BCUT2D eigenvalue weighted by molar-refractivity contribution is 0.00850. The highest BCUT2D eigenvalue weighted by Crippen LogP contribution is 2.28. The lowest BCUT2D eigenvalue weighted by Crippen LogP contribution is -2.57. The molecule has 96 valence electrons. The minimum atomic E-state index is 0.414. The van der Waals surface area contributed by atoms with Crippen molar-refractivity contribution in [2.75, 3.05) is 32.7 Å². The van der Waals surface area contributed by atoms with Gasteiger partial charge >= 0.3 is 0 Å². The Morgan fingerprint density at radius 3 is 2.67 bits per heavy atom. The molecule has 3 fully saturated rings. The molecule has 1 aromatic rings. The van der Waals surface area contributed by atoms with Crippen molar-refractivity contribution in [3.8, 4) is 0 Å². The molecule has 5 heteroatoms. The van der Waals surface area contributed by atoms with E-state index in [1.807, 2.05) is 0 Å². The fourth-order valence-corrected chi connectivity index (χ4v) is 3.37. The van der Waals surface area contributed by atoms with Gasteiger partial charge in [-0.25, -0.2) is 9.97 Å². The maximum absolute atomic E-state index is 4.81. The fraction of sp³-hybridized carbons (Fsp3) is 0.692. The molecular formula is C13H19N5. The summed E-state index contributed by atoms with van der Waals surface area (Å²) in [5, 5.41) is 3.37. The van der Waals surface area contributed by atoms with Gasteiger partial charge in [0.2, 0.25) is 0 Å². The second-order valence-electron chi connectivity index (χ2n) is 5.55. The van der Waals surface area contributed by atoms with E-state index in [9.17, 15) is 0 Å². The SMILES string of the molecule is Cc1nc(C2CN3CCN2CC3)nc2c1CNC2. The summed E-state index contributed by atoms with van der Waals surface area (Å²) in [7, 11) is 0. The van der Waals surface area contributed by atoms with E-state index in [-0.39, 0.29) is 0 Å². The molecule has 5 nitrogen and oxygen atoms in total. The standard InChI is InChI=1S/C13H19N5/c1-9-10-6-14-7-11(10)16-13(15-9)12-8-17-2-4-18(12)5-3-17/h12,14H,2-8H2,1H3. The van der Waals surface area contributed by atoms with Crippen LogP contribution in [0.5, 0.6) is 0 Å². The maximum Gasteiger partial charge on any atom is 0.147 e. The second-order valence-corrected chi connectivity index (χ2v) is 5.55. The van der Waals surface area contributed by atoms with E-state index in [1.165, 1.54) is 37.4 Å². The highest BCUT2D eigenvalue weighted by Gasteiger charge is 2.35. The minimum absolute atomic E-state index is 0.414. The Morgan fingerprint density at radius 1 is 1.11 bits per heavy atom. The third-order valence-electron chi connectivity index (χ3n) is 4.49. The number of nitrogens with zero attached hydrogens (tertiary/aromatic N) is 4. The van der Waals surface area contributed by atoms with Crippen molar-refractivity contribution in [2.24, 2.45) is 0 Å². The number of rotatable bonds is 1. The normalized spacial score (nSPS) is 33.7. The molecule has 1 atom stereocenters. The number of nitrogens with one attached hydrogen (secondary N) is 1. The summed E-state index contributed by atoms with van der Waals surface area (Å²) in [5.74, 6) is 1.04. The highest BCUT2D eigenvalue weighted by molar-refractivity contribution is 5.29. The largest absolute Gasteiger partial charge is 0.307 e. The summed E-state index contributed by atoms with van der Waals surface area (Å²) in [5.41, 5.74) is 3.70. The molecule has 5 rings (SSSR count). The van der Waals surface area contributed by atoms with Crippen molar-refractivity contribution in [3.05, 3.63) is 22.8 Å². The van der Waals surface area contributed by atoms with Crippen LogP contribution in [0.15, 0.2) is 0 Å². The highest BCUT2D eigenvalue weighted by atomic mass is 15.4. The molecule has 1 unspecified atom stereocenters. The number of hydrogen-bond donors (Lipinski definition) is 1. The van der Waals surface area contributed by atoms with Crippen LogP contribution in [-0.2, 0) is 13.1 Å². The quantitative estimate of drug-likeness (QED) is 0.758. The second kappa shape index (κ2) is 3.98. The fourth-order valence-electron chi connectivity index (χ4n) is 3.37. The molecular weight excluding hydrogens is 226 g/mol. The number of aromatic nitrogens is 2. The third-order valence-corrected chi connectivity index (χ3v) is 4.49. The van der Waals surface area contributed by atoms with Crippen LogP contribution < -0.4 is 5.32 Å². The zero-order valence-electron chi connectivity index (χ0n) is 10.8. The van der Waals surface area contributed by atoms with Gasteiger partial charge < -0.3 is 5.32 Å². The average molecular weight is 245 g/mol. The van der Waals surface area contributed by atoms with Crippen LogP contribution in [-0.4, -0.2) is 52.5 Å². The van der Waals surface area contributed by atoms with Gasteiger partial charge in [-0.05, 0) is 6.92 Å². The molecule has 0 saturated carbocycles. The van der Waals surface area contributed by atoms with Crippen LogP contribution in [0, 0.1) is 6.92 Å². The first-order chi connectivity index (χ1) is 8.81. The van der Waals surface area contributed by atoms with Crippen molar-refractivity contribution >= 4 is 0 Å². The first-order valence-corrected chi connectivity index (χ1v) is 6.84. The van der Waals surface area contributed by atoms with Crippen LogP contribution in [0.4, 0.5) is 0 Å². The summed E-state index contributed by atoms with van der Waals surface area (Å²) in [6.45, 7) is 9.82. The molecule has 4 aliphatic heterocycles. The van der Waals surface area contributed by atoms with Gasteiger partial charge in [0.05, 0.1) is 11.7 Å². The van der Waals surface area contributed by atoms with Crippen molar-refractivity contribution in [1.82, 2.24) is 25.1 Å². The first kappa shape index (κ1) is 10.8. The van der Waals surface area contributed by atoms with Crippen molar-refractivity contribution < 1.29 is 0 Å². The van der Waals surface area contributed by atoms with Crippen LogP contribution in [0.1, 0.15) is 28.8 Å². The number of hydrogen-bond acceptors (Lipinski definition) is 5. The van der Waals surface area contributed by atoms with Gasteiger partial charge in [-0.1, -0.05) is 0 Å². The lowest BCUT2D eigenvalue weighted by atomic mass is 10.1. The first-order valence-electron chi connectivity index (χ1n) is 6.84. The van der Waals surface area contributed by atoms with Gasteiger partial charge in [0.1, 0.15) is 5.82 Å². The molecule has 4 aliphatic rings. The number of fused-ring (bicyclic) bond motifs is 4. The Balaban J connectivity index is 1.71. The summed E-state index contributed by atoms with van der Waals surface area (Å²) in [4.78, 5) is 14.7. The molecule has 18 heavy (non-hydrogen) atoms. The number of piperazine rings is 3. The smallest absolute Gasteiger partial charge is 0.147 e. The van der Waals surface area contributed by atoms with Gasteiger partial charge in [-0.3, -0.25) is 9.80 Å². The van der Waals surface area contributed by atoms with Gasteiger partial charge in [0.25, 0.3) is 0 Å². The summed E-state index contributed by atoms with van der Waals surface area (Å²) >= 11 is 0. The molecule has 0 aliphatic carbocycles. The van der Waals surface area contributed by atoms with E-state index >= 15 is 0 Å². The predicted molar refractivity (Wildman–Crippen MR) is 68.1 cm³/mol. The van der Waals surface area contributed by atoms with Gasteiger partial charge in [0, 0.05) is 57.1 Å². The molecule has 0 amide bonds. The Bertz CT molecular complexity index is 479.